The number of hydrogen-bond acceptors (Lipinski definition) is 7. The Morgan fingerprint density at radius 3 is 2.71 bits per heavy atom. The summed E-state index contributed by atoms with van der Waals surface area (Å²) < 4.78 is 10.5. The Labute approximate surface area is 137 Å². The summed E-state index contributed by atoms with van der Waals surface area (Å²) >= 11 is 0. The van der Waals surface area contributed by atoms with Gasteiger partial charge in [0.2, 0.25) is 23.5 Å². The Morgan fingerprint density at radius 1 is 1.25 bits per heavy atom. The topological polar surface area (TPSA) is 107 Å². The zero-order valence-electron chi connectivity index (χ0n) is 13.0. The third kappa shape index (κ3) is 3.03. The van der Waals surface area contributed by atoms with Crippen LogP contribution < -0.4 is 5.32 Å². The lowest BCUT2D eigenvalue weighted by Crippen LogP contribution is -2.22. The van der Waals surface area contributed by atoms with Crippen molar-refractivity contribution in [3.8, 4) is 11.4 Å². The fraction of sp³-hybridized carbons (Fsp3) is 0.312. The van der Waals surface area contributed by atoms with Gasteiger partial charge < -0.3 is 14.3 Å². The van der Waals surface area contributed by atoms with Crippen LogP contribution in [0.5, 0.6) is 0 Å². The molecular weight excluding hydrogens is 310 g/mol. The van der Waals surface area contributed by atoms with E-state index in [2.05, 4.69) is 25.7 Å². The van der Waals surface area contributed by atoms with Gasteiger partial charge in [0.1, 0.15) is 0 Å². The molecule has 8 heteroatoms. The van der Waals surface area contributed by atoms with Crippen molar-refractivity contribution in [1.82, 2.24) is 25.7 Å². The van der Waals surface area contributed by atoms with Gasteiger partial charge in [0.05, 0.1) is 6.54 Å². The van der Waals surface area contributed by atoms with Crippen molar-refractivity contribution in [3.63, 3.8) is 0 Å². The number of nitrogens with one attached hydrogen (secondary N) is 1. The number of aryl methyl sites for hydroxylation is 1. The van der Waals surface area contributed by atoms with Crippen LogP contribution in [0.3, 0.4) is 0 Å². The van der Waals surface area contributed by atoms with Gasteiger partial charge in [-0.25, -0.2) is 0 Å². The van der Waals surface area contributed by atoms with E-state index in [0.29, 0.717) is 35.0 Å². The largest absolute Gasteiger partial charge is 0.424 e. The first-order valence-electron chi connectivity index (χ1n) is 7.70. The molecule has 1 amide bonds. The maximum atomic E-state index is 12.1. The van der Waals surface area contributed by atoms with Gasteiger partial charge in [-0.15, -0.1) is 10.2 Å². The first-order valence-corrected chi connectivity index (χ1v) is 7.70. The highest BCUT2D eigenvalue weighted by Crippen LogP contribution is 2.39. The van der Waals surface area contributed by atoms with Gasteiger partial charge in [-0.2, -0.15) is 4.98 Å². The zero-order chi connectivity index (χ0) is 16.5. The monoisotopic (exact) mass is 325 g/mol. The molecule has 0 bridgehead atoms. The van der Waals surface area contributed by atoms with Crippen LogP contribution in [0.15, 0.2) is 33.2 Å². The van der Waals surface area contributed by atoms with E-state index in [1.54, 1.807) is 31.2 Å². The van der Waals surface area contributed by atoms with E-state index >= 15 is 0 Å². The van der Waals surface area contributed by atoms with Gasteiger partial charge >= 0.3 is 0 Å². The number of nitrogens with zero attached hydrogens (tertiary/aromatic N) is 4. The van der Waals surface area contributed by atoms with Gasteiger partial charge in [0.25, 0.3) is 5.91 Å². The van der Waals surface area contributed by atoms with E-state index in [4.69, 9.17) is 8.94 Å². The average molecular weight is 325 g/mol. The summed E-state index contributed by atoms with van der Waals surface area (Å²) in [6.07, 6.45) is 2.22. The van der Waals surface area contributed by atoms with E-state index in [1.165, 1.54) is 0 Å². The van der Waals surface area contributed by atoms with Crippen LogP contribution in [0.25, 0.3) is 11.4 Å². The number of carbonyl (C=O) groups is 1. The molecule has 2 heterocycles. The molecule has 0 radical (unpaired) electrons. The van der Waals surface area contributed by atoms with Crippen molar-refractivity contribution >= 4 is 5.91 Å². The van der Waals surface area contributed by atoms with E-state index < -0.39 is 0 Å². The Balaban J connectivity index is 1.41. The van der Waals surface area contributed by atoms with Crippen molar-refractivity contribution < 1.29 is 13.7 Å². The van der Waals surface area contributed by atoms with Gasteiger partial charge in [0.15, 0.2) is 0 Å². The fourth-order valence-corrected chi connectivity index (χ4v) is 2.29. The number of amides is 1. The molecule has 1 N–H and O–H groups in total. The smallest absolute Gasteiger partial charge is 0.251 e. The molecule has 1 aliphatic carbocycles. The van der Waals surface area contributed by atoms with Crippen LogP contribution in [-0.4, -0.2) is 26.2 Å². The van der Waals surface area contributed by atoms with E-state index in [-0.39, 0.29) is 12.5 Å². The fourth-order valence-electron chi connectivity index (χ4n) is 2.29. The maximum Gasteiger partial charge on any atom is 0.251 e. The second kappa shape index (κ2) is 5.88. The summed E-state index contributed by atoms with van der Waals surface area (Å²) in [5.74, 6) is 2.28. The number of hydrogen-bond donors (Lipinski definition) is 1. The van der Waals surface area contributed by atoms with Crippen LogP contribution in [0.2, 0.25) is 0 Å². The molecule has 0 saturated heterocycles. The Morgan fingerprint density at radius 2 is 2.04 bits per heavy atom. The summed E-state index contributed by atoms with van der Waals surface area (Å²) in [6, 6.07) is 7.04. The summed E-state index contributed by atoms with van der Waals surface area (Å²) in [6.45, 7) is 1.89. The molecule has 1 aromatic carbocycles. The second-order valence-electron chi connectivity index (χ2n) is 5.71. The van der Waals surface area contributed by atoms with Crippen LogP contribution in [0.4, 0.5) is 0 Å². The zero-order valence-corrected chi connectivity index (χ0v) is 13.0. The molecule has 0 spiro atoms. The lowest BCUT2D eigenvalue weighted by Gasteiger charge is -2.03. The molecule has 0 unspecified atom stereocenters. The second-order valence-corrected chi connectivity index (χ2v) is 5.71. The lowest BCUT2D eigenvalue weighted by molar-refractivity contribution is 0.0947. The van der Waals surface area contributed by atoms with Gasteiger partial charge in [0, 0.05) is 24.0 Å². The van der Waals surface area contributed by atoms with E-state index in [1.807, 2.05) is 0 Å². The summed E-state index contributed by atoms with van der Waals surface area (Å²) in [5, 5.41) is 14.3. The molecule has 1 fully saturated rings. The third-order valence-corrected chi connectivity index (χ3v) is 3.74. The molecule has 8 nitrogen and oxygen atoms in total. The molecule has 1 aliphatic rings. The summed E-state index contributed by atoms with van der Waals surface area (Å²) in [4.78, 5) is 16.5. The number of aromatic nitrogens is 4. The van der Waals surface area contributed by atoms with Crippen molar-refractivity contribution in [2.45, 2.75) is 32.2 Å². The molecular formula is C16H15N5O3. The molecule has 1 saturated carbocycles. The van der Waals surface area contributed by atoms with Gasteiger partial charge in [-0.1, -0.05) is 17.3 Å². The average Bonchev–Trinajstić information content (AvgIpc) is 3.18. The Bertz CT molecular complexity index is 864. The highest BCUT2D eigenvalue weighted by molar-refractivity contribution is 5.94. The minimum atomic E-state index is -0.218. The number of carbonyl (C=O) groups excluding carboxylic acids is 1. The molecule has 2 aromatic heterocycles. The first-order chi connectivity index (χ1) is 11.7. The third-order valence-electron chi connectivity index (χ3n) is 3.74. The predicted molar refractivity (Wildman–Crippen MR) is 81.9 cm³/mol. The van der Waals surface area contributed by atoms with Gasteiger partial charge in [-0.05, 0) is 25.0 Å². The highest BCUT2D eigenvalue weighted by atomic mass is 16.5. The van der Waals surface area contributed by atoms with Gasteiger partial charge in [-0.3, -0.25) is 4.79 Å². The van der Waals surface area contributed by atoms with Crippen molar-refractivity contribution in [2.75, 3.05) is 0 Å². The van der Waals surface area contributed by atoms with Crippen molar-refractivity contribution in [1.29, 1.82) is 0 Å². The normalized spacial score (nSPS) is 13.9. The molecule has 122 valence electrons. The minimum absolute atomic E-state index is 0.191. The molecule has 3 aromatic rings. The van der Waals surface area contributed by atoms with Crippen LogP contribution >= 0.6 is 0 Å². The Hall–Kier alpha value is -3.03. The summed E-state index contributed by atoms with van der Waals surface area (Å²) in [7, 11) is 0. The number of benzene rings is 1. The maximum absolute atomic E-state index is 12.1. The SMILES string of the molecule is Cc1nnc(CNC(=O)c2ccc(-c3noc(C4CC4)n3)cc2)o1. The first kappa shape index (κ1) is 14.6. The van der Waals surface area contributed by atoms with E-state index in [9.17, 15) is 4.79 Å². The minimum Gasteiger partial charge on any atom is -0.424 e. The lowest BCUT2D eigenvalue weighted by atomic mass is 10.1. The van der Waals surface area contributed by atoms with Crippen LogP contribution in [0, 0.1) is 6.92 Å². The van der Waals surface area contributed by atoms with Crippen molar-refractivity contribution in [3.05, 3.63) is 47.5 Å². The Kier molecular flexibility index (Phi) is 3.56. The van der Waals surface area contributed by atoms with Crippen LogP contribution in [-0.2, 0) is 6.54 Å². The predicted octanol–water partition coefficient (Wildman–Crippen LogP) is 2.24. The summed E-state index contributed by atoms with van der Waals surface area (Å²) in [5.41, 5.74) is 1.34. The molecule has 4 rings (SSSR count). The van der Waals surface area contributed by atoms with Crippen molar-refractivity contribution in [2.24, 2.45) is 0 Å². The molecule has 0 atom stereocenters. The molecule has 24 heavy (non-hydrogen) atoms. The quantitative estimate of drug-likeness (QED) is 0.766. The molecule has 0 aliphatic heterocycles. The highest BCUT2D eigenvalue weighted by Gasteiger charge is 2.29. The van der Waals surface area contributed by atoms with Crippen LogP contribution in [0.1, 0.15) is 46.8 Å². The standard InChI is InChI=1S/C16H15N5O3/c1-9-19-20-13(23-9)8-17-15(22)11-4-2-10(3-5-11)14-18-16(24-21-14)12-6-7-12/h2-5,12H,6-8H2,1H3,(H,17,22). The van der Waals surface area contributed by atoms with E-state index in [0.717, 1.165) is 18.4 Å². The number of rotatable bonds is 5.